The summed E-state index contributed by atoms with van der Waals surface area (Å²) in [5.41, 5.74) is 0.378. The van der Waals surface area contributed by atoms with Crippen molar-refractivity contribution in [3.63, 3.8) is 0 Å². The zero-order valence-electron chi connectivity index (χ0n) is 8.80. The SMILES string of the molecule is COC(=O)N1CCCC(C)(C)CC1. The number of ether oxygens (including phenoxy) is 1. The third-order valence-electron chi connectivity index (χ3n) is 2.77. The van der Waals surface area contributed by atoms with Crippen LogP contribution in [-0.2, 0) is 4.74 Å². The Morgan fingerprint density at radius 3 is 2.62 bits per heavy atom. The maximum absolute atomic E-state index is 11.2. The topological polar surface area (TPSA) is 29.5 Å². The molecule has 1 rings (SSSR count). The number of nitrogens with zero attached hydrogens (tertiary/aromatic N) is 1. The average molecular weight is 185 g/mol. The summed E-state index contributed by atoms with van der Waals surface area (Å²) in [5.74, 6) is 0. The van der Waals surface area contributed by atoms with Crippen molar-refractivity contribution in [3.05, 3.63) is 0 Å². The van der Waals surface area contributed by atoms with Gasteiger partial charge < -0.3 is 9.64 Å². The van der Waals surface area contributed by atoms with Gasteiger partial charge in [0.2, 0.25) is 0 Å². The molecule has 0 aromatic heterocycles. The largest absolute Gasteiger partial charge is 0.453 e. The Bertz CT molecular complexity index is 189. The fourth-order valence-corrected chi connectivity index (χ4v) is 1.73. The van der Waals surface area contributed by atoms with Crippen LogP contribution in [0.3, 0.4) is 0 Å². The van der Waals surface area contributed by atoms with Gasteiger partial charge in [0.15, 0.2) is 0 Å². The summed E-state index contributed by atoms with van der Waals surface area (Å²) in [4.78, 5) is 13.0. The standard InChI is InChI=1S/C10H19NO2/c1-10(2)5-4-7-11(8-6-10)9(12)13-3/h4-8H2,1-3H3. The molecule has 0 spiro atoms. The fourth-order valence-electron chi connectivity index (χ4n) is 1.73. The van der Waals surface area contributed by atoms with E-state index >= 15 is 0 Å². The fraction of sp³-hybridized carbons (Fsp3) is 0.900. The second kappa shape index (κ2) is 3.99. The van der Waals surface area contributed by atoms with E-state index in [2.05, 4.69) is 13.8 Å². The first kappa shape index (κ1) is 10.4. The van der Waals surface area contributed by atoms with Crippen molar-refractivity contribution in [2.75, 3.05) is 20.2 Å². The molecule has 3 nitrogen and oxygen atoms in total. The zero-order valence-corrected chi connectivity index (χ0v) is 8.80. The number of carbonyl (C=O) groups is 1. The number of amides is 1. The molecule has 0 bridgehead atoms. The monoisotopic (exact) mass is 185 g/mol. The van der Waals surface area contributed by atoms with Crippen LogP contribution < -0.4 is 0 Å². The van der Waals surface area contributed by atoms with Crippen LogP contribution in [0.4, 0.5) is 4.79 Å². The van der Waals surface area contributed by atoms with Gasteiger partial charge in [0, 0.05) is 13.1 Å². The summed E-state index contributed by atoms with van der Waals surface area (Å²) < 4.78 is 4.70. The first-order valence-electron chi connectivity index (χ1n) is 4.88. The lowest BCUT2D eigenvalue weighted by Crippen LogP contribution is -2.32. The molecule has 0 aromatic rings. The Balaban J connectivity index is 2.49. The molecule has 0 N–H and O–H groups in total. The van der Waals surface area contributed by atoms with E-state index in [4.69, 9.17) is 4.74 Å². The van der Waals surface area contributed by atoms with Gasteiger partial charge in [-0.15, -0.1) is 0 Å². The van der Waals surface area contributed by atoms with Gasteiger partial charge in [0.25, 0.3) is 0 Å². The minimum atomic E-state index is -0.183. The molecule has 3 heteroatoms. The summed E-state index contributed by atoms with van der Waals surface area (Å²) in [7, 11) is 1.44. The second-order valence-electron chi connectivity index (χ2n) is 4.47. The van der Waals surface area contributed by atoms with E-state index in [9.17, 15) is 4.79 Å². The zero-order chi connectivity index (χ0) is 9.90. The van der Waals surface area contributed by atoms with Gasteiger partial charge in [-0.1, -0.05) is 13.8 Å². The molecule has 0 saturated carbocycles. The van der Waals surface area contributed by atoms with Crippen LogP contribution in [0.2, 0.25) is 0 Å². The molecule has 1 aliphatic rings. The van der Waals surface area contributed by atoms with E-state index in [0.29, 0.717) is 5.41 Å². The minimum Gasteiger partial charge on any atom is -0.453 e. The van der Waals surface area contributed by atoms with E-state index in [0.717, 1.165) is 25.9 Å². The summed E-state index contributed by atoms with van der Waals surface area (Å²) in [6.07, 6.45) is 3.17. The number of hydrogen-bond donors (Lipinski definition) is 0. The van der Waals surface area contributed by atoms with E-state index in [1.807, 2.05) is 0 Å². The van der Waals surface area contributed by atoms with Gasteiger partial charge >= 0.3 is 6.09 Å². The number of carbonyl (C=O) groups excluding carboxylic acids is 1. The third-order valence-corrected chi connectivity index (χ3v) is 2.77. The normalized spacial score (nSPS) is 22.2. The van der Waals surface area contributed by atoms with E-state index in [-0.39, 0.29) is 6.09 Å². The van der Waals surface area contributed by atoms with Crippen LogP contribution >= 0.6 is 0 Å². The van der Waals surface area contributed by atoms with Crippen LogP contribution in [0.15, 0.2) is 0 Å². The molecule has 0 aromatic carbocycles. The quantitative estimate of drug-likeness (QED) is 0.579. The molecule has 0 radical (unpaired) electrons. The molecule has 1 heterocycles. The number of likely N-dealkylation sites (tertiary alicyclic amines) is 1. The van der Waals surface area contributed by atoms with Crippen molar-refractivity contribution in [1.82, 2.24) is 4.90 Å². The van der Waals surface area contributed by atoms with Crippen molar-refractivity contribution >= 4 is 6.09 Å². The second-order valence-corrected chi connectivity index (χ2v) is 4.47. The van der Waals surface area contributed by atoms with Gasteiger partial charge in [0.1, 0.15) is 0 Å². The van der Waals surface area contributed by atoms with E-state index in [1.54, 1.807) is 4.90 Å². The van der Waals surface area contributed by atoms with E-state index < -0.39 is 0 Å². The van der Waals surface area contributed by atoms with Crippen LogP contribution in [-0.4, -0.2) is 31.2 Å². The molecular formula is C10H19NO2. The Hall–Kier alpha value is -0.730. The average Bonchev–Trinajstić information content (AvgIpc) is 2.25. The maximum atomic E-state index is 11.2. The lowest BCUT2D eigenvalue weighted by molar-refractivity contribution is 0.124. The predicted molar refractivity (Wildman–Crippen MR) is 51.6 cm³/mol. The number of methoxy groups -OCH3 is 1. The molecule has 1 saturated heterocycles. The van der Waals surface area contributed by atoms with Crippen molar-refractivity contribution in [2.45, 2.75) is 33.1 Å². The van der Waals surface area contributed by atoms with Crippen LogP contribution in [0.1, 0.15) is 33.1 Å². The Kier molecular flexibility index (Phi) is 3.17. The molecule has 76 valence electrons. The van der Waals surface area contributed by atoms with Crippen molar-refractivity contribution in [3.8, 4) is 0 Å². The Morgan fingerprint density at radius 1 is 1.31 bits per heavy atom. The molecule has 1 aliphatic heterocycles. The molecule has 1 amide bonds. The predicted octanol–water partition coefficient (Wildman–Crippen LogP) is 2.26. The van der Waals surface area contributed by atoms with E-state index in [1.165, 1.54) is 13.5 Å². The molecule has 0 atom stereocenters. The van der Waals surface area contributed by atoms with Crippen molar-refractivity contribution < 1.29 is 9.53 Å². The molecule has 1 fully saturated rings. The van der Waals surface area contributed by atoms with Gasteiger partial charge in [0.05, 0.1) is 7.11 Å². The van der Waals surface area contributed by atoms with Crippen molar-refractivity contribution in [1.29, 1.82) is 0 Å². The summed E-state index contributed by atoms with van der Waals surface area (Å²) in [5, 5.41) is 0. The highest BCUT2D eigenvalue weighted by Gasteiger charge is 2.25. The lowest BCUT2D eigenvalue weighted by Gasteiger charge is -2.22. The van der Waals surface area contributed by atoms with Crippen LogP contribution in [0.5, 0.6) is 0 Å². The summed E-state index contributed by atoms with van der Waals surface area (Å²) >= 11 is 0. The van der Waals surface area contributed by atoms with Crippen molar-refractivity contribution in [2.24, 2.45) is 5.41 Å². The molecule has 13 heavy (non-hydrogen) atoms. The Morgan fingerprint density at radius 2 is 2.00 bits per heavy atom. The number of rotatable bonds is 0. The number of hydrogen-bond acceptors (Lipinski definition) is 2. The maximum Gasteiger partial charge on any atom is 0.409 e. The summed E-state index contributed by atoms with van der Waals surface area (Å²) in [6.45, 7) is 6.19. The Labute approximate surface area is 80.1 Å². The highest BCUT2D eigenvalue weighted by atomic mass is 16.5. The lowest BCUT2D eigenvalue weighted by atomic mass is 9.85. The van der Waals surface area contributed by atoms with Gasteiger partial charge in [-0.05, 0) is 24.7 Å². The molecular weight excluding hydrogens is 166 g/mol. The van der Waals surface area contributed by atoms with Crippen LogP contribution in [0, 0.1) is 5.41 Å². The smallest absolute Gasteiger partial charge is 0.409 e. The summed E-state index contributed by atoms with van der Waals surface area (Å²) in [6, 6.07) is 0. The highest BCUT2D eigenvalue weighted by Crippen LogP contribution is 2.29. The van der Waals surface area contributed by atoms with Crippen LogP contribution in [0.25, 0.3) is 0 Å². The molecule has 0 aliphatic carbocycles. The third kappa shape index (κ3) is 2.90. The highest BCUT2D eigenvalue weighted by molar-refractivity contribution is 5.67. The van der Waals surface area contributed by atoms with Gasteiger partial charge in [-0.2, -0.15) is 0 Å². The minimum absolute atomic E-state index is 0.183. The van der Waals surface area contributed by atoms with Gasteiger partial charge in [-0.25, -0.2) is 4.79 Å². The molecule has 0 unspecified atom stereocenters. The first-order chi connectivity index (χ1) is 6.05. The van der Waals surface area contributed by atoms with Gasteiger partial charge in [-0.3, -0.25) is 0 Å². The first-order valence-corrected chi connectivity index (χ1v) is 4.88.